The zero-order valence-corrected chi connectivity index (χ0v) is 14.5. The fraction of sp³-hybridized carbons (Fsp3) is 0.294. The molecular formula is C17H19FN4O5. The summed E-state index contributed by atoms with van der Waals surface area (Å²) in [5.74, 6) is -1.74. The first-order chi connectivity index (χ1) is 12.8. The summed E-state index contributed by atoms with van der Waals surface area (Å²) in [6.45, 7) is 0.481. The van der Waals surface area contributed by atoms with Gasteiger partial charge in [0.2, 0.25) is 11.8 Å². The minimum atomic E-state index is -1.22. The largest absolute Gasteiger partial charge is 0.394 e. The van der Waals surface area contributed by atoms with Gasteiger partial charge in [-0.2, -0.15) is 0 Å². The van der Waals surface area contributed by atoms with E-state index < -0.39 is 48.1 Å². The van der Waals surface area contributed by atoms with Crippen molar-refractivity contribution < 1.29 is 19.1 Å². The number of nitrogens with one attached hydrogen (secondary N) is 3. The number of hydrogen-bond donors (Lipinski definition) is 4. The highest BCUT2D eigenvalue weighted by atomic mass is 19.1. The maximum atomic E-state index is 12.9. The molecule has 0 aliphatic rings. The van der Waals surface area contributed by atoms with Crippen LogP contribution < -0.4 is 21.9 Å². The first kappa shape index (κ1) is 20.0. The summed E-state index contributed by atoms with van der Waals surface area (Å²) in [5, 5.41) is 14.2. The van der Waals surface area contributed by atoms with E-state index in [1.807, 2.05) is 0 Å². The molecule has 2 rings (SSSR count). The Morgan fingerprint density at radius 3 is 2.56 bits per heavy atom. The lowest BCUT2D eigenvalue weighted by Crippen LogP contribution is -2.50. The van der Waals surface area contributed by atoms with E-state index in [-0.39, 0.29) is 12.1 Å². The number of H-pyrrole nitrogens is 1. The lowest BCUT2D eigenvalue weighted by molar-refractivity contribution is -0.130. The normalized spacial score (nSPS) is 11.7. The molecule has 0 spiro atoms. The van der Waals surface area contributed by atoms with Gasteiger partial charge in [0.05, 0.1) is 6.61 Å². The number of aliphatic hydroxyl groups is 1. The van der Waals surface area contributed by atoms with Gasteiger partial charge in [0.25, 0.3) is 5.56 Å². The third-order valence-corrected chi connectivity index (χ3v) is 3.72. The summed E-state index contributed by atoms with van der Waals surface area (Å²) >= 11 is 0. The van der Waals surface area contributed by atoms with Crippen molar-refractivity contribution in [3.8, 4) is 0 Å². The van der Waals surface area contributed by atoms with Gasteiger partial charge in [0, 0.05) is 18.3 Å². The van der Waals surface area contributed by atoms with Crippen LogP contribution in [0.3, 0.4) is 0 Å². The molecule has 0 aliphatic carbocycles. The second kappa shape index (κ2) is 8.90. The molecule has 1 atom stereocenters. The summed E-state index contributed by atoms with van der Waals surface area (Å²) in [6.07, 6.45) is 1.23. The Kier molecular flexibility index (Phi) is 6.61. The minimum Gasteiger partial charge on any atom is -0.394 e. The summed E-state index contributed by atoms with van der Waals surface area (Å²) in [7, 11) is 0. The molecule has 0 radical (unpaired) electrons. The third-order valence-electron chi connectivity index (χ3n) is 3.72. The van der Waals surface area contributed by atoms with Gasteiger partial charge in [-0.15, -0.1) is 0 Å². The standard InChI is InChI=1S/C17H19FN4O5/c1-10-7-22(17(27)21-15(10)25)8-14(24)20-13(9-23)16(26)19-6-11-2-4-12(18)5-3-11/h2-5,7,13,23H,6,8-9H2,1H3,(H,19,26)(H,20,24)(H,21,25,27)/t13-/m0/s1. The van der Waals surface area contributed by atoms with Crippen LogP contribution in [-0.4, -0.2) is 39.1 Å². The first-order valence-electron chi connectivity index (χ1n) is 8.03. The van der Waals surface area contributed by atoms with E-state index >= 15 is 0 Å². The van der Waals surface area contributed by atoms with E-state index in [9.17, 15) is 28.7 Å². The second-order valence-corrected chi connectivity index (χ2v) is 5.85. The van der Waals surface area contributed by atoms with Crippen LogP contribution >= 0.6 is 0 Å². The smallest absolute Gasteiger partial charge is 0.328 e. The maximum Gasteiger partial charge on any atom is 0.328 e. The van der Waals surface area contributed by atoms with Crippen LogP contribution in [0.1, 0.15) is 11.1 Å². The van der Waals surface area contributed by atoms with Crippen LogP contribution in [0.15, 0.2) is 40.1 Å². The van der Waals surface area contributed by atoms with Crippen molar-refractivity contribution in [2.45, 2.75) is 26.1 Å². The Balaban J connectivity index is 1.94. The van der Waals surface area contributed by atoms with E-state index in [4.69, 9.17) is 0 Å². The average Bonchev–Trinajstić information content (AvgIpc) is 2.63. The van der Waals surface area contributed by atoms with Crippen LogP contribution in [0, 0.1) is 12.7 Å². The lowest BCUT2D eigenvalue weighted by Gasteiger charge is -2.16. The number of carbonyl (C=O) groups is 2. The van der Waals surface area contributed by atoms with Gasteiger partial charge in [0.1, 0.15) is 18.4 Å². The van der Waals surface area contributed by atoms with Gasteiger partial charge in [-0.05, 0) is 24.6 Å². The number of carbonyl (C=O) groups excluding carboxylic acids is 2. The van der Waals surface area contributed by atoms with Crippen LogP contribution in [0.2, 0.25) is 0 Å². The fourth-order valence-corrected chi connectivity index (χ4v) is 2.24. The molecule has 9 nitrogen and oxygen atoms in total. The quantitative estimate of drug-likeness (QED) is 0.479. The molecule has 10 heteroatoms. The summed E-state index contributed by atoms with van der Waals surface area (Å²) in [6, 6.07) is 4.26. The summed E-state index contributed by atoms with van der Waals surface area (Å²) in [5.41, 5.74) is -0.423. The van der Waals surface area contributed by atoms with Gasteiger partial charge >= 0.3 is 5.69 Å². The number of aromatic nitrogens is 2. The molecular weight excluding hydrogens is 359 g/mol. The van der Waals surface area contributed by atoms with Crippen molar-refractivity contribution in [1.29, 1.82) is 0 Å². The highest BCUT2D eigenvalue weighted by Gasteiger charge is 2.20. The Hall–Kier alpha value is -3.27. The number of aryl methyl sites for hydroxylation is 1. The van der Waals surface area contributed by atoms with Gasteiger partial charge in [-0.3, -0.25) is 23.9 Å². The molecule has 0 unspecified atom stereocenters. The fourth-order valence-electron chi connectivity index (χ4n) is 2.24. The number of hydrogen-bond acceptors (Lipinski definition) is 5. The minimum absolute atomic E-state index is 0.0874. The molecule has 1 aromatic carbocycles. The van der Waals surface area contributed by atoms with Gasteiger partial charge < -0.3 is 15.7 Å². The number of amides is 2. The molecule has 0 saturated heterocycles. The molecule has 0 saturated carbocycles. The molecule has 2 amide bonds. The number of halogens is 1. The zero-order valence-electron chi connectivity index (χ0n) is 14.5. The van der Waals surface area contributed by atoms with Crippen LogP contribution in [0.25, 0.3) is 0 Å². The second-order valence-electron chi connectivity index (χ2n) is 5.85. The molecule has 0 fully saturated rings. The van der Waals surface area contributed by atoms with Crippen molar-refractivity contribution in [2.75, 3.05) is 6.61 Å². The van der Waals surface area contributed by atoms with Crippen molar-refractivity contribution in [1.82, 2.24) is 20.2 Å². The predicted molar refractivity (Wildman–Crippen MR) is 93.3 cm³/mol. The number of aromatic amines is 1. The summed E-state index contributed by atoms with van der Waals surface area (Å²) in [4.78, 5) is 49.2. The molecule has 27 heavy (non-hydrogen) atoms. The number of aliphatic hydroxyl groups excluding tert-OH is 1. The Bertz CT molecular complexity index is 936. The molecule has 1 aromatic heterocycles. The van der Waals surface area contributed by atoms with Crippen molar-refractivity contribution in [3.63, 3.8) is 0 Å². The van der Waals surface area contributed by atoms with Gasteiger partial charge in [-0.25, -0.2) is 9.18 Å². The number of benzene rings is 1. The highest BCUT2D eigenvalue weighted by Crippen LogP contribution is 2.02. The SMILES string of the molecule is Cc1cn(CC(=O)N[C@@H](CO)C(=O)NCc2ccc(F)cc2)c(=O)[nH]c1=O. The molecule has 2 aromatic rings. The van der Waals surface area contributed by atoms with Crippen molar-refractivity contribution in [3.05, 3.63) is 68.2 Å². The monoisotopic (exact) mass is 378 g/mol. The molecule has 1 heterocycles. The summed E-state index contributed by atoms with van der Waals surface area (Å²) < 4.78 is 13.8. The third kappa shape index (κ3) is 5.61. The molecule has 144 valence electrons. The van der Waals surface area contributed by atoms with Crippen LogP contribution in [0.4, 0.5) is 4.39 Å². The van der Waals surface area contributed by atoms with E-state index in [0.29, 0.717) is 5.56 Å². The van der Waals surface area contributed by atoms with Crippen molar-refractivity contribution >= 4 is 11.8 Å². The Morgan fingerprint density at radius 2 is 1.93 bits per heavy atom. The van der Waals surface area contributed by atoms with Crippen LogP contribution in [-0.2, 0) is 22.7 Å². The van der Waals surface area contributed by atoms with Gasteiger partial charge in [0.15, 0.2) is 0 Å². The van der Waals surface area contributed by atoms with E-state index in [1.165, 1.54) is 37.4 Å². The molecule has 4 N–H and O–H groups in total. The predicted octanol–water partition coefficient (Wildman–Crippen LogP) is -1.22. The molecule has 0 aliphatic heterocycles. The Labute approximate surface area is 152 Å². The highest BCUT2D eigenvalue weighted by molar-refractivity contribution is 5.87. The van der Waals surface area contributed by atoms with E-state index in [0.717, 1.165) is 4.57 Å². The van der Waals surface area contributed by atoms with E-state index in [2.05, 4.69) is 15.6 Å². The lowest BCUT2D eigenvalue weighted by atomic mass is 10.2. The number of rotatable bonds is 7. The first-order valence-corrected chi connectivity index (χ1v) is 8.03. The molecule has 0 bridgehead atoms. The van der Waals surface area contributed by atoms with Gasteiger partial charge in [-0.1, -0.05) is 12.1 Å². The number of nitrogens with zero attached hydrogens (tertiary/aromatic N) is 1. The average molecular weight is 378 g/mol. The maximum absolute atomic E-state index is 12.9. The van der Waals surface area contributed by atoms with Crippen molar-refractivity contribution in [2.24, 2.45) is 0 Å². The van der Waals surface area contributed by atoms with E-state index in [1.54, 1.807) is 0 Å². The van der Waals surface area contributed by atoms with Crippen LogP contribution in [0.5, 0.6) is 0 Å². The topological polar surface area (TPSA) is 133 Å². The Morgan fingerprint density at radius 1 is 1.26 bits per heavy atom. The zero-order chi connectivity index (χ0) is 20.0.